The van der Waals surface area contributed by atoms with E-state index in [0.29, 0.717) is 11.7 Å². The van der Waals surface area contributed by atoms with E-state index in [4.69, 9.17) is 16.3 Å². The van der Waals surface area contributed by atoms with Gasteiger partial charge in [0.15, 0.2) is 5.96 Å². The average molecular weight is 418 g/mol. The molecule has 0 saturated heterocycles. The first-order valence-electron chi connectivity index (χ1n) is 10.1. The monoisotopic (exact) mass is 417 g/mol. The highest BCUT2D eigenvalue weighted by Crippen LogP contribution is 2.13. The first kappa shape index (κ1) is 23.0. The quantitative estimate of drug-likeness (QED) is 0.254. The van der Waals surface area contributed by atoms with Crippen molar-refractivity contribution in [2.75, 3.05) is 40.3 Å². The van der Waals surface area contributed by atoms with E-state index in [9.17, 15) is 0 Å². The van der Waals surface area contributed by atoms with E-state index in [2.05, 4.69) is 58.7 Å². The van der Waals surface area contributed by atoms with Gasteiger partial charge in [-0.25, -0.2) is 9.98 Å². The van der Waals surface area contributed by atoms with Crippen LogP contribution in [0.5, 0.6) is 5.75 Å². The molecule has 0 aliphatic carbocycles. The van der Waals surface area contributed by atoms with Gasteiger partial charge in [-0.1, -0.05) is 29.8 Å². The van der Waals surface area contributed by atoms with Crippen LogP contribution >= 0.6 is 11.6 Å². The van der Waals surface area contributed by atoms with Crippen molar-refractivity contribution >= 4 is 17.6 Å². The predicted molar refractivity (Wildman–Crippen MR) is 121 cm³/mol. The molecule has 0 radical (unpaired) electrons. The number of hydrogen-bond acceptors (Lipinski definition) is 4. The molecule has 0 unspecified atom stereocenters. The van der Waals surface area contributed by atoms with Gasteiger partial charge in [0.25, 0.3) is 0 Å². The molecule has 1 heterocycles. The number of benzene rings is 1. The van der Waals surface area contributed by atoms with Crippen molar-refractivity contribution in [2.45, 2.75) is 26.3 Å². The molecule has 2 aromatic rings. The number of nitrogens with one attached hydrogen (secondary N) is 2. The molecule has 158 valence electrons. The van der Waals surface area contributed by atoms with Crippen molar-refractivity contribution in [3.8, 4) is 5.75 Å². The number of rotatable bonds is 11. The van der Waals surface area contributed by atoms with Gasteiger partial charge < -0.3 is 20.3 Å². The normalized spacial score (nSPS) is 11.6. The summed E-state index contributed by atoms with van der Waals surface area (Å²) in [5, 5.41) is 7.15. The van der Waals surface area contributed by atoms with E-state index in [0.717, 1.165) is 61.9 Å². The largest absolute Gasteiger partial charge is 0.494 e. The molecule has 2 rings (SSSR count). The SMILES string of the molecule is CCNC(=NCc1ccc(OCCCN(C)C)cc1)NCCc1ccc(Cl)nc1. The maximum Gasteiger partial charge on any atom is 0.191 e. The molecule has 1 aromatic heterocycles. The van der Waals surface area contributed by atoms with Gasteiger partial charge >= 0.3 is 0 Å². The van der Waals surface area contributed by atoms with Gasteiger partial charge in [0, 0.05) is 25.8 Å². The van der Waals surface area contributed by atoms with Crippen molar-refractivity contribution in [3.63, 3.8) is 0 Å². The van der Waals surface area contributed by atoms with Crippen LogP contribution in [0.2, 0.25) is 5.15 Å². The standard InChI is InChI=1S/C22H32ClN5O/c1-4-24-22(25-13-12-19-8-11-21(23)26-16-19)27-17-18-6-9-20(10-7-18)29-15-5-14-28(2)3/h6-11,16H,4-5,12-15,17H2,1-3H3,(H2,24,25,27). The van der Waals surface area contributed by atoms with Crippen LogP contribution in [0, 0.1) is 0 Å². The Kier molecular flexibility index (Phi) is 10.3. The van der Waals surface area contributed by atoms with Crippen molar-refractivity contribution in [3.05, 3.63) is 58.9 Å². The third kappa shape index (κ3) is 9.63. The maximum atomic E-state index is 5.82. The van der Waals surface area contributed by atoms with Gasteiger partial charge in [-0.05, 0) is 63.2 Å². The van der Waals surface area contributed by atoms with Crippen LogP contribution in [0.15, 0.2) is 47.6 Å². The number of nitrogens with zero attached hydrogens (tertiary/aromatic N) is 3. The molecule has 0 atom stereocenters. The second kappa shape index (κ2) is 13.0. The van der Waals surface area contributed by atoms with Gasteiger partial charge in [-0.2, -0.15) is 0 Å². The number of ether oxygens (including phenoxy) is 1. The molecule has 0 aliphatic rings. The third-order valence-electron chi connectivity index (χ3n) is 4.20. The van der Waals surface area contributed by atoms with E-state index in [-0.39, 0.29) is 0 Å². The number of aromatic nitrogens is 1. The number of hydrogen-bond donors (Lipinski definition) is 2. The maximum absolute atomic E-state index is 5.82. The first-order valence-corrected chi connectivity index (χ1v) is 10.4. The Morgan fingerprint density at radius 2 is 1.86 bits per heavy atom. The van der Waals surface area contributed by atoms with Crippen molar-refractivity contribution < 1.29 is 4.74 Å². The summed E-state index contributed by atoms with van der Waals surface area (Å²) in [4.78, 5) is 10.9. The van der Waals surface area contributed by atoms with E-state index < -0.39 is 0 Å². The van der Waals surface area contributed by atoms with Crippen molar-refractivity contribution in [1.82, 2.24) is 20.5 Å². The first-order chi connectivity index (χ1) is 14.1. The molecular formula is C22H32ClN5O. The van der Waals surface area contributed by atoms with Crippen LogP contribution < -0.4 is 15.4 Å². The molecule has 0 saturated carbocycles. The number of halogens is 1. The fraction of sp³-hybridized carbons (Fsp3) is 0.455. The Balaban J connectivity index is 1.78. The number of aliphatic imine (C=N–C) groups is 1. The summed E-state index contributed by atoms with van der Waals surface area (Å²) in [6.07, 6.45) is 3.68. The zero-order chi connectivity index (χ0) is 20.9. The summed E-state index contributed by atoms with van der Waals surface area (Å²) >= 11 is 5.82. The number of pyridine rings is 1. The average Bonchev–Trinajstić information content (AvgIpc) is 2.71. The topological polar surface area (TPSA) is 61.8 Å². The molecule has 0 fully saturated rings. The summed E-state index contributed by atoms with van der Waals surface area (Å²) in [7, 11) is 4.14. The Labute approximate surface area is 179 Å². The van der Waals surface area contributed by atoms with Gasteiger partial charge in [-0.15, -0.1) is 0 Å². The molecule has 1 aromatic carbocycles. The molecule has 0 spiro atoms. The van der Waals surface area contributed by atoms with Gasteiger partial charge in [-0.3, -0.25) is 0 Å². The summed E-state index contributed by atoms with van der Waals surface area (Å²) in [6.45, 7) is 6.01. The van der Waals surface area contributed by atoms with Crippen LogP contribution in [0.25, 0.3) is 0 Å². The lowest BCUT2D eigenvalue weighted by molar-refractivity contribution is 0.281. The van der Waals surface area contributed by atoms with Crippen LogP contribution in [0.1, 0.15) is 24.5 Å². The van der Waals surface area contributed by atoms with E-state index in [1.54, 1.807) is 6.20 Å². The Morgan fingerprint density at radius 1 is 1.10 bits per heavy atom. The molecule has 0 bridgehead atoms. The lowest BCUT2D eigenvalue weighted by Crippen LogP contribution is -2.38. The molecule has 7 heteroatoms. The Bertz CT molecular complexity index is 732. The third-order valence-corrected chi connectivity index (χ3v) is 4.42. The van der Waals surface area contributed by atoms with Crippen LogP contribution in [-0.2, 0) is 13.0 Å². The zero-order valence-corrected chi connectivity index (χ0v) is 18.4. The lowest BCUT2D eigenvalue weighted by atomic mass is 10.2. The molecule has 0 aliphatic heterocycles. The zero-order valence-electron chi connectivity index (χ0n) is 17.6. The molecule has 29 heavy (non-hydrogen) atoms. The van der Waals surface area contributed by atoms with Gasteiger partial charge in [0.05, 0.1) is 13.2 Å². The second-order valence-electron chi connectivity index (χ2n) is 7.01. The van der Waals surface area contributed by atoms with Crippen LogP contribution in [0.3, 0.4) is 0 Å². The van der Waals surface area contributed by atoms with E-state index in [1.807, 2.05) is 24.3 Å². The van der Waals surface area contributed by atoms with Crippen LogP contribution in [-0.4, -0.2) is 56.2 Å². The van der Waals surface area contributed by atoms with Crippen molar-refractivity contribution in [1.29, 1.82) is 0 Å². The molecule has 2 N–H and O–H groups in total. The predicted octanol–water partition coefficient (Wildman–Crippen LogP) is 3.36. The molecule has 0 amide bonds. The second-order valence-corrected chi connectivity index (χ2v) is 7.40. The highest BCUT2D eigenvalue weighted by atomic mass is 35.5. The minimum absolute atomic E-state index is 0.515. The van der Waals surface area contributed by atoms with Crippen LogP contribution in [0.4, 0.5) is 0 Å². The highest BCUT2D eigenvalue weighted by molar-refractivity contribution is 6.29. The summed E-state index contributed by atoms with van der Waals surface area (Å²) in [6, 6.07) is 11.9. The van der Waals surface area contributed by atoms with Gasteiger partial charge in [0.1, 0.15) is 10.9 Å². The van der Waals surface area contributed by atoms with E-state index >= 15 is 0 Å². The smallest absolute Gasteiger partial charge is 0.191 e. The molecule has 6 nitrogen and oxygen atoms in total. The lowest BCUT2D eigenvalue weighted by Gasteiger charge is -2.12. The highest BCUT2D eigenvalue weighted by Gasteiger charge is 2.00. The van der Waals surface area contributed by atoms with Crippen molar-refractivity contribution in [2.24, 2.45) is 4.99 Å². The minimum atomic E-state index is 0.515. The minimum Gasteiger partial charge on any atom is -0.494 e. The fourth-order valence-electron chi connectivity index (χ4n) is 2.65. The Hall–Kier alpha value is -2.31. The summed E-state index contributed by atoms with van der Waals surface area (Å²) < 4.78 is 5.78. The summed E-state index contributed by atoms with van der Waals surface area (Å²) in [5.74, 6) is 1.71. The summed E-state index contributed by atoms with van der Waals surface area (Å²) in [5.41, 5.74) is 2.28. The van der Waals surface area contributed by atoms with Gasteiger partial charge in [0.2, 0.25) is 0 Å². The molecular weight excluding hydrogens is 386 g/mol. The number of guanidine groups is 1. The van der Waals surface area contributed by atoms with E-state index in [1.165, 1.54) is 0 Å². The fourth-order valence-corrected chi connectivity index (χ4v) is 2.77. The Morgan fingerprint density at radius 3 is 2.52 bits per heavy atom.